The van der Waals surface area contributed by atoms with E-state index >= 15 is 0 Å². The molecule has 0 fully saturated rings. The maximum absolute atomic E-state index is 6.10. The molecule has 1 aromatic rings. The highest BCUT2D eigenvalue weighted by Gasteiger charge is 2.06. The van der Waals surface area contributed by atoms with Gasteiger partial charge >= 0.3 is 0 Å². The highest BCUT2D eigenvalue weighted by atomic mass is 79.9. The fourth-order valence-corrected chi connectivity index (χ4v) is 4.61. The van der Waals surface area contributed by atoms with Crippen molar-refractivity contribution in [2.45, 2.75) is 136 Å². The van der Waals surface area contributed by atoms with E-state index in [-0.39, 0.29) is 0 Å². The van der Waals surface area contributed by atoms with Crippen molar-refractivity contribution in [2.75, 3.05) is 25.2 Å². The van der Waals surface area contributed by atoms with Gasteiger partial charge in [-0.15, -0.1) is 0 Å². The number of unbranched alkanes of at least 4 members (excludes halogenated alkanes) is 16. The number of ether oxygens (including phenoxy) is 3. The Hall–Kier alpha value is -0.900. The van der Waals surface area contributed by atoms with E-state index in [0.29, 0.717) is 0 Å². The quantitative estimate of drug-likeness (QED) is 0.0840. The minimum atomic E-state index is 0.742. The molecule has 0 spiro atoms. The van der Waals surface area contributed by atoms with Crippen molar-refractivity contribution in [3.63, 3.8) is 0 Å². The number of rotatable bonds is 26. The summed E-state index contributed by atoms with van der Waals surface area (Å²) < 4.78 is 18.2. The van der Waals surface area contributed by atoms with Crippen LogP contribution in [0.15, 0.2) is 18.2 Å². The molecule has 0 N–H and O–H groups in total. The van der Waals surface area contributed by atoms with Crippen molar-refractivity contribution in [3.05, 3.63) is 18.2 Å². The van der Waals surface area contributed by atoms with Gasteiger partial charge in [0.25, 0.3) is 0 Å². The molecule has 0 unspecified atom stereocenters. The summed E-state index contributed by atoms with van der Waals surface area (Å²) in [4.78, 5) is 0. The first-order chi connectivity index (χ1) is 17.3. The van der Waals surface area contributed by atoms with Crippen LogP contribution >= 0.6 is 15.9 Å². The average molecular weight is 556 g/mol. The van der Waals surface area contributed by atoms with E-state index in [2.05, 4.69) is 29.8 Å². The maximum Gasteiger partial charge on any atom is 0.126 e. The molecule has 4 heteroatoms. The predicted molar refractivity (Wildman–Crippen MR) is 156 cm³/mol. The van der Waals surface area contributed by atoms with Crippen LogP contribution in [0.3, 0.4) is 0 Å². The number of alkyl halides is 1. The maximum atomic E-state index is 6.10. The second kappa shape index (κ2) is 24.8. The third kappa shape index (κ3) is 19.9. The zero-order chi connectivity index (χ0) is 25.2. The summed E-state index contributed by atoms with van der Waals surface area (Å²) in [5.74, 6) is 2.61. The normalized spacial score (nSPS) is 11.1. The monoisotopic (exact) mass is 554 g/mol. The van der Waals surface area contributed by atoms with E-state index in [1.807, 2.05) is 18.2 Å². The third-order valence-corrected chi connectivity index (χ3v) is 6.99. The number of hydrogen-bond donors (Lipinski definition) is 0. The van der Waals surface area contributed by atoms with Crippen molar-refractivity contribution in [2.24, 2.45) is 0 Å². The SMILES string of the molecule is CCCCCCCCCCOc1cc(OCCCCCBr)cc(OCCCCCCCCCC)c1. The molecule has 0 aliphatic heterocycles. The average Bonchev–Trinajstić information content (AvgIpc) is 2.86. The molecule has 0 aliphatic carbocycles. The number of hydrogen-bond acceptors (Lipinski definition) is 3. The largest absolute Gasteiger partial charge is 0.493 e. The van der Waals surface area contributed by atoms with E-state index in [1.54, 1.807) is 0 Å². The number of halogens is 1. The number of benzene rings is 1. The first kappa shape index (κ1) is 32.1. The molecule has 0 saturated heterocycles. The van der Waals surface area contributed by atoms with Gasteiger partial charge in [-0.1, -0.05) is 120 Å². The molecule has 1 rings (SSSR count). The van der Waals surface area contributed by atoms with Crippen LogP contribution in [0.1, 0.15) is 136 Å². The van der Waals surface area contributed by atoms with Crippen LogP contribution in [0, 0.1) is 0 Å². The second-order valence-electron chi connectivity index (χ2n) is 9.88. The van der Waals surface area contributed by atoms with Crippen molar-refractivity contribution in [3.8, 4) is 17.2 Å². The summed E-state index contributed by atoms with van der Waals surface area (Å²) in [6.07, 6.45) is 24.4. The van der Waals surface area contributed by atoms with E-state index < -0.39 is 0 Å². The van der Waals surface area contributed by atoms with Crippen molar-refractivity contribution < 1.29 is 14.2 Å². The molecule has 1 aromatic carbocycles. The van der Waals surface area contributed by atoms with Crippen molar-refractivity contribution in [1.29, 1.82) is 0 Å². The summed E-state index contributed by atoms with van der Waals surface area (Å²) in [5, 5.41) is 1.06. The van der Waals surface area contributed by atoms with Crippen LogP contribution < -0.4 is 14.2 Å². The molecule has 0 bridgehead atoms. The molecule has 0 saturated carbocycles. The Kier molecular flexibility index (Phi) is 22.7. The Morgan fingerprint density at radius 2 is 0.714 bits per heavy atom. The summed E-state index contributed by atoms with van der Waals surface area (Å²) in [7, 11) is 0. The van der Waals surface area contributed by atoms with Gasteiger partial charge in [-0.2, -0.15) is 0 Å². The van der Waals surface area contributed by atoms with Crippen LogP contribution in [-0.2, 0) is 0 Å². The topological polar surface area (TPSA) is 27.7 Å². The van der Waals surface area contributed by atoms with Gasteiger partial charge in [0.1, 0.15) is 17.2 Å². The van der Waals surface area contributed by atoms with E-state index in [4.69, 9.17) is 14.2 Å². The van der Waals surface area contributed by atoms with Gasteiger partial charge in [0.2, 0.25) is 0 Å². The summed E-state index contributed by atoms with van der Waals surface area (Å²) in [5.41, 5.74) is 0. The molecule has 0 aliphatic rings. The van der Waals surface area contributed by atoms with Crippen molar-refractivity contribution in [1.82, 2.24) is 0 Å². The Morgan fingerprint density at radius 3 is 1.03 bits per heavy atom. The van der Waals surface area contributed by atoms with Crippen molar-refractivity contribution >= 4 is 15.9 Å². The van der Waals surface area contributed by atoms with E-state index in [9.17, 15) is 0 Å². The van der Waals surface area contributed by atoms with Gasteiger partial charge in [-0.3, -0.25) is 0 Å². The lowest BCUT2D eigenvalue weighted by Gasteiger charge is -2.13. The van der Waals surface area contributed by atoms with Crippen LogP contribution in [0.2, 0.25) is 0 Å². The standard InChI is InChI=1S/C31H55BrO3/c1-3-5-7-9-11-13-15-19-23-33-29-26-30(28-31(27-29)35-25-21-17-18-22-32)34-24-20-16-14-12-10-8-6-4-2/h26-28H,3-25H2,1-2H3. The molecule has 3 nitrogen and oxygen atoms in total. The Labute approximate surface area is 226 Å². The van der Waals surface area contributed by atoms with E-state index in [1.165, 1.54) is 103 Å². The van der Waals surface area contributed by atoms with Gasteiger partial charge < -0.3 is 14.2 Å². The Morgan fingerprint density at radius 1 is 0.429 bits per heavy atom. The van der Waals surface area contributed by atoms with Crippen LogP contribution in [0.5, 0.6) is 17.2 Å². The van der Waals surface area contributed by atoms with Crippen LogP contribution in [-0.4, -0.2) is 25.2 Å². The molecule has 0 radical (unpaired) electrons. The first-order valence-corrected chi connectivity index (χ1v) is 16.0. The fourth-order valence-electron chi connectivity index (χ4n) is 4.21. The molecular weight excluding hydrogens is 500 g/mol. The van der Waals surface area contributed by atoms with E-state index in [0.717, 1.165) is 61.7 Å². The van der Waals surface area contributed by atoms with Gasteiger partial charge in [-0.25, -0.2) is 0 Å². The van der Waals surface area contributed by atoms with Gasteiger partial charge in [0, 0.05) is 23.5 Å². The van der Waals surface area contributed by atoms with Crippen LogP contribution in [0.25, 0.3) is 0 Å². The minimum Gasteiger partial charge on any atom is -0.493 e. The predicted octanol–water partition coefficient (Wildman–Crippen LogP) is 10.7. The zero-order valence-corrected chi connectivity index (χ0v) is 24.7. The molecule has 204 valence electrons. The summed E-state index contributed by atoms with van der Waals surface area (Å²) in [6, 6.07) is 6.09. The lowest BCUT2D eigenvalue weighted by atomic mass is 10.1. The highest BCUT2D eigenvalue weighted by molar-refractivity contribution is 9.09. The highest BCUT2D eigenvalue weighted by Crippen LogP contribution is 2.29. The molecule has 0 aromatic heterocycles. The molecule has 0 atom stereocenters. The molecule has 0 amide bonds. The van der Waals surface area contributed by atoms with Crippen LogP contribution in [0.4, 0.5) is 0 Å². The first-order valence-electron chi connectivity index (χ1n) is 14.9. The summed E-state index contributed by atoms with van der Waals surface area (Å²) >= 11 is 3.50. The third-order valence-electron chi connectivity index (χ3n) is 6.43. The lowest BCUT2D eigenvalue weighted by molar-refractivity contribution is 0.276. The molecule has 0 heterocycles. The zero-order valence-electron chi connectivity index (χ0n) is 23.1. The lowest BCUT2D eigenvalue weighted by Crippen LogP contribution is -2.02. The second-order valence-corrected chi connectivity index (χ2v) is 10.7. The fraction of sp³-hybridized carbons (Fsp3) is 0.806. The smallest absolute Gasteiger partial charge is 0.126 e. The van der Waals surface area contributed by atoms with Gasteiger partial charge in [0.05, 0.1) is 19.8 Å². The Bertz CT molecular complexity index is 538. The molecular formula is C31H55BrO3. The molecule has 35 heavy (non-hydrogen) atoms. The minimum absolute atomic E-state index is 0.742. The van der Waals surface area contributed by atoms with Gasteiger partial charge in [-0.05, 0) is 32.1 Å². The summed E-state index contributed by atoms with van der Waals surface area (Å²) in [6.45, 7) is 6.82. The Balaban J connectivity index is 2.37. The van der Waals surface area contributed by atoms with Gasteiger partial charge in [0.15, 0.2) is 0 Å².